The van der Waals surface area contributed by atoms with Crippen LogP contribution in [-0.4, -0.2) is 6.47 Å². The molecule has 1 rings (SSSR count). The van der Waals surface area contributed by atoms with E-state index in [2.05, 4.69) is 22.5 Å². The van der Waals surface area contributed by atoms with Crippen LogP contribution in [0, 0.1) is 24.2 Å². The number of carbonyl (C=O) groups excluding carboxylic acids is 1. The summed E-state index contributed by atoms with van der Waals surface area (Å²) in [6, 6.07) is 6.75. The van der Waals surface area contributed by atoms with E-state index in [1.807, 2.05) is 0 Å². The van der Waals surface area contributed by atoms with Crippen molar-refractivity contribution in [2.24, 2.45) is 0 Å². The van der Waals surface area contributed by atoms with Crippen molar-refractivity contribution in [2.75, 3.05) is 0 Å². The predicted octanol–water partition coefficient (Wildman–Crippen LogP) is 1.21. The number of rotatable bonds is 2. The van der Waals surface area contributed by atoms with Crippen LogP contribution in [0.3, 0.4) is 0 Å². The average molecular weight is 170 g/mol. The van der Waals surface area contributed by atoms with Crippen LogP contribution in [0.5, 0.6) is 5.75 Å². The van der Waals surface area contributed by atoms with Gasteiger partial charge in [0, 0.05) is 5.56 Å². The summed E-state index contributed by atoms with van der Waals surface area (Å²) in [5.74, 6) is 7.91. The Kier molecular flexibility index (Phi) is 3.18. The highest BCUT2D eigenvalue weighted by Crippen LogP contribution is 2.10. The first-order chi connectivity index (χ1) is 6.36. The van der Waals surface area contributed by atoms with E-state index in [1.165, 1.54) is 0 Å². The van der Waals surface area contributed by atoms with Gasteiger partial charge in [-0.3, -0.25) is 4.79 Å². The van der Waals surface area contributed by atoms with E-state index in [1.54, 1.807) is 24.3 Å². The summed E-state index contributed by atoms with van der Waals surface area (Å²) < 4.78 is 4.60. The average Bonchev–Trinajstić information content (AvgIpc) is 2.17. The van der Waals surface area contributed by atoms with Crippen LogP contribution in [0.1, 0.15) is 5.56 Å². The first-order valence-corrected chi connectivity index (χ1v) is 3.54. The zero-order valence-electron chi connectivity index (χ0n) is 6.78. The second kappa shape index (κ2) is 4.64. The Morgan fingerprint density at radius 3 is 2.54 bits per heavy atom. The molecule has 0 unspecified atom stereocenters. The molecule has 0 aliphatic rings. The molecule has 2 nitrogen and oxygen atoms in total. The van der Waals surface area contributed by atoms with E-state index >= 15 is 0 Å². The fourth-order valence-electron chi connectivity index (χ4n) is 0.781. The molecule has 0 atom stereocenters. The minimum absolute atomic E-state index is 0.377. The van der Waals surface area contributed by atoms with Gasteiger partial charge < -0.3 is 4.74 Å². The monoisotopic (exact) mass is 170 g/mol. The summed E-state index contributed by atoms with van der Waals surface area (Å²) in [6.07, 6.45) is 4.96. The van der Waals surface area contributed by atoms with E-state index < -0.39 is 0 Å². The van der Waals surface area contributed by atoms with Gasteiger partial charge in [0.2, 0.25) is 0 Å². The molecule has 0 spiro atoms. The second-order valence-electron chi connectivity index (χ2n) is 2.13. The van der Waals surface area contributed by atoms with E-state index in [9.17, 15) is 4.79 Å². The Morgan fingerprint density at radius 1 is 1.31 bits per heavy atom. The highest BCUT2D eigenvalue weighted by molar-refractivity contribution is 5.47. The summed E-state index contributed by atoms with van der Waals surface area (Å²) >= 11 is 0. The molecule has 2 heteroatoms. The third kappa shape index (κ3) is 2.73. The first kappa shape index (κ1) is 8.90. The first-order valence-electron chi connectivity index (χ1n) is 3.54. The molecule has 62 valence electrons. The quantitative estimate of drug-likeness (QED) is 0.492. The highest BCUT2D eigenvalue weighted by atomic mass is 16.5. The molecule has 0 aromatic heterocycles. The summed E-state index contributed by atoms with van der Waals surface area (Å²) in [7, 11) is 0. The number of terminal acetylenes is 1. The maximum Gasteiger partial charge on any atom is 0.298 e. The van der Waals surface area contributed by atoms with Crippen LogP contribution in [0.4, 0.5) is 0 Å². The van der Waals surface area contributed by atoms with Gasteiger partial charge >= 0.3 is 0 Å². The maximum atomic E-state index is 9.95. The summed E-state index contributed by atoms with van der Waals surface area (Å²) in [5.41, 5.74) is 0.788. The lowest BCUT2D eigenvalue weighted by Crippen LogP contribution is -1.87. The van der Waals surface area contributed by atoms with Gasteiger partial charge in [0.1, 0.15) is 5.75 Å². The molecule has 13 heavy (non-hydrogen) atoms. The third-order valence-electron chi connectivity index (χ3n) is 1.32. The Morgan fingerprint density at radius 2 is 2.00 bits per heavy atom. The zero-order valence-corrected chi connectivity index (χ0v) is 6.78. The van der Waals surface area contributed by atoms with Crippen LogP contribution in [0.15, 0.2) is 24.3 Å². The van der Waals surface area contributed by atoms with Crippen LogP contribution >= 0.6 is 0 Å². The Hall–Kier alpha value is -2.19. The van der Waals surface area contributed by atoms with Crippen LogP contribution < -0.4 is 4.74 Å². The third-order valence-corrected chi connectivity index (χ3v) is 1.32. The maximum absolute atomic E-state index is 9.95. The molecule has 0 amide bonds. The predicted molar refractivity (Wildman–Crippen MR) is 48.8 cm³/mol. The van der Waals surface area contributed by atoms with Crippen molar-refractivity contribution in [1.29, 1.82) is 0 Å². The fraction of sp³-hybridized carbons (Fsp3) is 0. The lowest BCUT2D eigenvalue weighted by Gasteiger charge is -1.95. The molecule has 0 saturated heterocycles. The molecule has 1 aromatic rings. The van der Waals surface area contributed by atoms with Gasteiger partial charge in [-0.2, -0.15) is 0 Å². The van der Waals surface area contributed by atoms with Crippen LogP contribution in [-0.2, 0) is 4.79 Å². The van der Waals surface area contributed by atoms with Crippen LogP contribution in [0.25, 0.3) is 0 Å². The van der Waals surface area contributed by atoms with Gasteiger partial charge in [0.05, 0.1) is 0 Å². The number of benzene rings is 1. The smallest absolute Gasteiger partial charge is 0.298 e. The van der Waals surface area contributed by atoms with Gasteiger partial charge in [0.25, 0.3) is 6.47 Å². The molecule has 0 N–H and O–H groups in total. The van der Waals surface area contributed by atoms with E-state index in [0.717, 1.165) is 5.56 Å². The lowest BCUT2D eigenvalue weighted by atomic mass is 10.2. The van der Waals surface area contributed by atoms with E-state index in [4.69, 9.17) is 6.42 Å². The largest absolute Gasteiger partial charge is 0.429 e. The van der Waals surface area contributed by atoms with Gasteiger partial charge in [-0.25, -0.2) is 0 Å². The molecule has 0 saturated carbocycles. The Bertz CT molecular complexity index is 385. The van der Waals surface area contributed by atoms with E-state index in [-0.39, 0.29) is 0 Å². The summed E-state index contributed by atoms with van der Waals surface area (Å²) in [6.45, 7) is 0.377. The minimum Gasteiger partial charge on any atom is -0.429 e. The topological polar surface area (TPSA) is 26.3 Å². The molecule has 0 heterocycles. The molecule has 1 aromatic carbocycles. The molecular formula is C11H6O2. The van der Waals surface area contributed by atoms with Crippen LogP contribution in [0.2, 0.25) is 0 Å². The normalized spacial score (nSPS) is 7.62. The van der Waals surface area contributed by atoms with Crippen molar-refractivity contribution in [3.63, 3.8) is 0 Å². The lowest BCUT2D eigenvalue weighted by molar-refractivity contribution is -0.120. The van der Waals surface area contributed by atoms with Gasteiger partial charge in [-0.1, -0.05) is 5.92 Å². The fourth-order valence-corrected chi connectivity index (χ4v) is 0.781. The van der Waals surface area contributed by atoms with Gasteiger partial charge in [-0.05, 0) is 36.1 Å². The Labute approximate surface area is 76.5 Å². The van der Waals surface area contributed by atoms with Gasteiger partial charge in [0.15, 0.2) is 0 Å². The van der Waals surface area contributed by atoms with Gasteiger partial charge in [-0.15, -0.1) is 6.42 Å². The molecule has 0 bridgehead atoms. The number of carbonyl (C=O) groups is 1. The molecule has 0 aliphatic heterocycles. The van der Waals surface area contributed by atoms with Crippen molar-refractivity contribution in [1.82, 2.24) is 0 Å². The van der Waals surface area contributed by atoms with E-state index in [0.29, 0.717) is 12.2 Å². The minimum atomic E-state index is 0.377. The van der Waals surface area contributed by atoms with Crippen molar-refractivity contribution < 1.29 is 9.53 Å². The SMILES string of the molecule is C#CC#Cc1ccc(OC=O)cc1. The highest BCUT2D eigenvalue weighted by Gasteiger charge is 1.90. The van der Waals surface area contributed by atoms with Crippen molar-refractivity contribution in [3.8, 4) is 29.9 Å². The zero-order chi connectivity index (χ0) is 9.52. The number of hydrogen-bond acceptors (Lipinski definition) is 2. The number of hydrogen-bond donors (Lipinski definition) is 0. The molecular weight excluding hydrogens is 164 g/mol. The second-order valence-corrected chi connectivity index (χ2v) is 2.13. The number of ether oxygens (including phenoxy) is 1. The summed E-state index contributed by atoms with van der Waals surface area (Å²) in [4.78, 5) is 9.95. The van der Waals surface area contributed by atoms with Crippen molar-refractivity contribution in [2.45, 2.75) is 0 Å². The van der Waals surface area contributed by atoms with Crippen molar-refractivity contribution >= 4 is 6.47 Å². The van der Waals surface area contributed by atoms with Crippen molar-refractivity contribution in [3.05, 3.63) is 29.8 Å². The Balaban J connectivity index is 2.82. The molecule has 0 radical (unpaired) electrons. The molecule has 0 aliphatic carbocycles. The standard InChI is InChI=1S/C11H6O2/c1-2-3-4-10-5-7-11(8-6-10)13-9-12/h1,5-9H. The molecule has 0 fully saturated rings. The summed E-state index contributed by atoms with van der Waals surface area (Å²) in [5, 5.41) is 0.